The van der Waals surface area contributed by atoms with E-state index >= 15 is 0 Å². The molecular formula is C38H22N4OS2. The van der Waals surface area contributed by atoms with Crippen molar-refractivity contribution in [3.8, 4) is 53.8 Å². The fourth-order valence-corrected chi connectivity index (χ4v) is 8.09. The Morgan fingerprint density at radius 3 is 2.00 bits per heavy atom. The van der Waals surface area contributed by atoms with Crippen molar-refractivity contribution in [1.82, 2.24) is 20.3 Å². The highest BCUT2D eigenvalue weighted by Gasteiger charge is 2.24. The third kappa shape index (κ3) is 4.36. The van der Waals surface area contributed by atoms with Crippen LogP contribution < -0.4 is 0 Å². The second-order valence-corrected chi connectivity index (χ2v) is 12.8. The summed E-state index contributed by atoms with van der Waals surface area (Å²) in [5.74, 6) is 0. The maximum absolute atomic E-state index is 5.44. The van der Waals surface area contributed by atoms with Crippen LogP contribution in [0.25, 0.3) is 86.4 Å². The number of rotatable bonds is 5. The third-order valence-corrected chi connectivity index (χ3v) is 10.3. The van der Waals surface area contributed by atoms with Crippen LogP contribution in [-0.2, 0) is 0 Å². The Balaban J connectivity index is 1.23. The Labute approximate surface area is 266 Å². The molecule has 9 rings (SSSR count). The zero-order valence-electron chi connectivity index (χ0n) is 23.7. The second-order valence-electron chi connectivity index (χ2n) is 10.8. The van der Waals surface area contributed by atoms with Gasteiger partial charge < -0.3 is 0 Å². The molecular weight excluding hydrogens is 593 g/mol. The molecule has 5 nitrogen and oxygen atoms in total. The predicted octanol–water partition coefficient (Wildman–Crippen LogP) is 10.8. The summed E-state index contributed by atoms with van der Waals surface area (Å²) in [4.78, 5) is 12.8. The second kappa shape index (κ2) is 10.6. The lowest BCUT2D eigenvalue weighted by atomic mass is 9.98. The van der Waals surface area contributed by atoms with E-state index in [9.17, 15) is 0 Å². The van der Waals surface area contributed by atoms with E-state index in [1.54, 1.807) is 35.1 Å². The van der Waals surface area contributed by atoms with Gasteiger partial charge in [0.05, 0.1) is 10.6 Å². The highest BCUT2D eigenvalue weighted by Crippen LogP contribution is 2.45. The number of nitrogens with zero attached hydrogens (tertiary/aromatic N) is 4. The first-order valence-electron chi connectivity index (χ1n) is 14.5. The van der Waals surface area contributed by atoms with Gasteiger partial charge in [0.15, 0.2) is 5.52 Å². The molecule has 5 aromatic heterocycles. The lowest BCUT2D eigenvalue weighted by Crippen LogP contribution is -1.94. The molecule has 0 saturated heterocycles. The number of hydrogen-bond acceptors (Lipinski definition) is 7. The summed E-state index contributed by atoms with van der Waals surface area (Å²) in [7, 11) is 0. The summed E-state index contributed by atoms with van der Waals surface area (Å²) in [6.07, 6.45) is 3.59. The zero-order chi connectivity index (χ0) is 29.7. The van der Waals surface area contributed by atoms with Crippen LogP contribution in [0.15, 0.2) is 138 Å². The van der Waals surface area contributed by atoms with Crippen LogP contribution in [-0.4, -0.2) is 20.3 Å². The first kappa shape index (κ1) is 25.9. The number of hydrogen-bond donors (Lipinski definition) is 0. The normalized spacial score (nSPS) is 11.6. The van der Waals surface area contributed by atoms with Gasteiger partial charge in [-0.25, -0.2) is 9.61 Å². The third-order valence-electron chi connectivity index (χ3n) is 8.20. The summed E-state index contributed by atoms with van der Waals surface area (Å²) in [6, 6.07) is 40.3. The number of thiophene rings is 2. The van der Waals surface area contributed by atoms with E-state index in [0.29, 0.717) is 11.0 Å². The zero-order valence-corrected chi connectivity index (χ0v) is 25.3. The average Bonchev–Trinajstić information content (AvgIpc) is 3.89. The smallest absolute Gasteiger partial charge is 0.163 e. The molecule has 9 aromatic rings. The van der Waals surface area contributed by atoms with Crippen molar-refractivity contribution >= 4 is 55.3 Å². The number of aromatic nitrogens is 4. The largest absolute Gasteiger partial charge is 0.265 e. The van der Waals surface area contributed by atoms with Crippen LogP contribution in [0.3, 0.4) is 0 Å². The van der Waals surface area contributed by atoms with Gasteiger partial charge in [-0.1, -0.05) is 84.9 Å². The standard InChI is InChI=1S/C38H22N4OS2/c1-3-11-27-23(7-1)9-5-13-29(27)26-21-33(44-22-26)34-35(25-17-19-39-20-18-25)40-36(38-37(34)41-43-42-38)32-16-15-31(45-32)30-14-6-10-24-8-2-4-12-28(24)30/h1-22H. The lowest BCUT2D eigenvalue weighted by Gasteiger charge is -2.10. The summed E-state index contributed by atoms with van der Waals surface area (Å²) >= 11 is 3.37. The highest BCUT2D eigenvalue weighted by molar-refractivity contribution is 7.19. The average molecular weight is 615 g/mol. The summed E-state index contributed by atoms with van der Waals surface area (Å²) in [6.45, 7) is 0. The van der Waals surface area contributed by atoms with Crippen molar-refractivity contribution in [2.24, 2.45) is 0 Å². The summed E-state index contributed by atoms with van der Waals surface area (Å²) < 4.78 is 5.44. The molecule has 0 spiro atoms. The van der Waals surface area contributed by atoms with E-state index in [2.05, 4.69) is 124 Å². The minimum Gasteiger partial charge on any atom is -0.265 e. The maximum atomic E-state index is 5.44. The van der Waals surface area contributed by atoms with Crippen LogP contribution in [0.2, 0.25) is 0 Å². The fraction of sp³-hybridized carbons (Fsp3) is 0. The maximum Gasteiger partial charge on any atom is 0.163 e. The molecule has 0 aliphatic carbocycles. The Bertz CT molecular complexity index is 2500. The van der Waals surface area contributed by atoms with Crippen LogP contribution in [0.1, 0.15) is 0 Å². The van der Waals surface area contributed by atoms with Gasteiger partial charge in [-0.3, -0.25) is 4.98 Å². The number of benzene rings is 4. The molecule has 0 N–H and O–H groups in total. The summed E-state index contributed by atoms with van der Waals surface area (Å²) in [5, 5.41) is 16.0. The Hall–Kier alpha value is -5.50. The Kier molecular flexibility index (Phi) is 6.11. The molecule has 45 heavy (non-hydrogen) atoms. The van der Waals surface area contributed by atoms with Crippen LogP contribution in [0, 0.1) is 0 Å². The van der Waals surface area contributed by atoms with Gasteiger partial charge >= 0.3 is 0 Å². The molecule has 0 unspecified atom stereocenters. The van der Waals surface area contributed by atoms with Crippen molar-refractivity contribution in [2.75, 3.05) is 0 Å². The van der Waals surface area contributed by atoms with E-state index in [0.717, 1.165) is 37.8 Å². The van der Waals surface area contributed by atoms with E-state index < -0.39 is 0 Å². The monoisotopic (exact) mass is 614 g/mol. The molecule has 212 valence electrons. The number of pyridine rings is 2. The lowest BCUT2D eigenvalue weighted by molar-refractivity contribution is 0.315. The van der Waals surface area contributed by atoms with Crippen LogP contribution >= 0.6 is 22.7 Å². The molecule has 0 amide bonds. The number of fused-ring (bicyclic) bond motifs is 3. The van der Waals surface area contributed by atoms with E-state index in [1.165, 1.54) is 37.5 Å². The first-order valence-corrected chi connectivity index (χ1v) is 16.2. The SMILES string of the molecule is c1ccc2c(-c3csc(-c4c(-c5ccncc5)nc(-c5ccc(-c6cccc7ccccc67)s5)c5nonc45)c3)cccc2c1. The van der Waals surface area contributed by atoms with Crippen molar-refractivity contribution in [3.05, 3.63) is 133 Å². The molecule has 7 heteroatoms. The molecule has 5 heterocycles. The molecule has 0 saturated carbocycles. The molecule has 0 radical (unpaired) electrons. The minimum atomic E-state index is 0.647. The Morgan fingerprint density at radius 1 is 0.533 bits per heavy atom. The van der Waals surface area contributed by atoms with Gasteiger partial charge in [0.25, 0.3) is 0 Å². The molecule has 0 fully saturated rings. The van der Waals surface area contributed by atoms with Crippen LogP contribution in [0.4, 0.5) is 0 Å². The minimum absolute atomic E-state index is 0.647. The van der Waals surface area contributed by atoms with E-state index in [1.807, 2.05) is 12.1 Å². The highest BCUT2D eigenvalue weighted by atomic mass is 32.1. The van der Waals surface area contributed by atoms with Gasteiger partial charge in [-0.2, -0.15) is 0 Å². The fourth-order valence-electron chi connectivity index (χ4n) is 6.10. The van der Waals surface area contributed by atoms with Crippen molar-refractivity contribution in [2.45, 2.75) is 0 Å². The summed E-state index contributed by atoms with van der Waals surface area (Å²) in [5.41, 5.74) is 8.32. The van der Waals surface area contributed by atoms with Crippen LogP contribution in [0.5, 0.6) is 0 Å². The van der Waals surface area contributed by atoms with Gasteiger partial charge in [-0.15, -0.1) is 22.7 Å². The van der Waals surface area contributed by atoms with Crippen molar-refractivity contribution < 1.29 is 4.63 Å². The van der Waals surface area contributed by atoms with Gasteiger partial charge in [-0.05, 0) is 84.3 Å². The van der Waals surface area contributed by atoms with Gasteiger partial charge in [0, 0.05) is 33.3 Å². The molecule has 4 aromatic carbocycles. The topological polar surface area (TPSA) is 64.7 Å². The molecule has 0 aliphatic rings. The predicted molar refractivity (Wildman–Crippen MR) is 185 cm³/mol. The van der Waals surface area contributed by atoms with Crippen molar-refractivity contribution in [1.29, 1.82) is 0 Å². The van der Waals surface area contributed by atoms with E-state index in [-0.39, 0.29) is 0 Å². The molecule has 0 aliphatic heterocycles. The molecule has 0 atom stereocenters. The first-order chi connectivity index (χ1) is 22.3. The quantitative estimate of drug-likeness (QED) is 0.193. The molecule has 0 bridgehead atoms. The Morgan fingerprint density at radius 2 is 1.20 bits per heavy atom. The van der Waals surface area contributed by atoms with Gasteiger partial charge in [0.1, 0.15) is 11.2 Å². The van der Waals surface area contributed by atoms with E-state index in [4.69, 9.17) is 9.61 Å². The van der Waals surface area contributed by atoms with Gasteiger partial charge in [0.2, 0.25) is 0 Å². The van der Waals surface area contributed by atoms with Crippen molar-refractivity contribution in [3.63, 3.8) is 0 Å².